The lowest BCUT2D eigenvalue weighted by molar-refractivity contribution is -0.137. The monoisotopic (exact) mass is 324 g/mol. The molecule has 0 saturated carbocycles. The second kappa shape index (κ2) is 5.98. The SMILES string of the molecule is CC1(C)CNCC(COc2ncc(C(F)(F)F)cc2Cl)O1. The molecule has 1 aromatic rings. The van der Waals surface area contributed by atoms with Gasteiger partial charge < -0.3 is 14.8 Å². The highest BCUT2D eigenvalue weighted by atomic mass is 35.5. The van der Waals surface area contributed by atoms with Crippen molar-refractivity contribution in [2.24, 2.45) is 0 Å². The first-order chi connectivity index (χ1) is 9.67. The van der Waals surface area contributed by atoms with Crippen LogP contribution in [-0.2, 0) is 10.9 Å². The number of nitrogens with zero attached hydrogens (tertiary/aromatic N) is 1. The standard InChI is InChI=1S/C13H16ClF3N2O2/c1-12(2)7-18-5-9(21-12)6-20-11-10(14)3-8(4-19-11)13(15,16)17/h3-4,9,18H,5-7H2,1-2H3. The lowest BCUT2D eigenvalue weighted by Gasteiger charge is -2.36. The fourth-order valence-electron chi connectivity index (χ4n) is 2.02. The lowest BCUT2D eigenvalue weighted by Crippen LogP contribution is -2.52. The average Bonchev–Trinajstić information content (AvgIpc) is 2.35. The predicted octanol–water partition coefficient (Wildman–Crippen LogP) is 2.90. The largest absolute Gasteiger partial charge is 0.474 e. The number of hydrogen-bond donors (Lipinski definition) is 1. The van der Waals surface area contributed by atoms with Gasteiger partial charge in [0.05, 0.1) is 11.2 Å². The van der Waals surface area contributed by atoms with E-state index >= 15 is 0 Å². The Morgan fingerprint density at radius 3 is 2.81 bits per heavy atom. The van der Waals surface area contributed by atoms with E-state index in [-0.39, 0.29) is 29.2 Å². The first kappa shape index (κ1) is 16.3. The Labute approximate surface area is 125 Å². The molecule has 21 heavy (non-hydrogen) atoms. The second-order valence-corrected chi connectivity index (χ2v) is 5.86. The minimum Gasteiger partial charge on any atom is -0.474 e. The molecule has 1 saturated heterocycles. The Balaban J connectivity index is 1.98. The van der Waals surface area contributed by atoms with E-state index in [2.05, 4.69) is 10.3 Å². The topological polar surface area (TPSA) is 43.4 Å². The van der Waals surface area contributed by atoms with E-state index < -0.39 is 11.7 Å². The molecule has 1 aliphatic heterocycles. The van der Waals surface area contributed by atoms with Crippen LogP contribution in [0.4, 0.5) is 13.2 Å². The Kier molecular flexibility index (Phi) is 4.65. The Hall–Kier alpha value is -1.05. The van der Waals surface area contributed by atoms with Gasteiger partial charge >= 0.3 is 6.18 Å². The fourth-order valence-corrected chi connectivity index (χ4v) is 2.24. The minimum atomic E-state index is -4.48. The zero-order chi connectivity index (χ0) is 15.7. The van der Waals surface area contributed by atoms with E-state index in [4.69, 9.17) is 21.1 Å². The molecule has 1 atom stereocenters. The smallest absolute Gasteiger partial charge is 0.417 e. The van der Waals surface area contributed by atoms with Crippen LogP contribution >= 0.6 is 11.6 Å². The first-order valence-electron chi connectivity index (χ1n) is 6.41. The van der Waals surface area contributed by atoms with Crippen molar-refractivity contribution >= 4 is 11.6 Å². The molecule has 1 fully saturated rings. The highest BCUT2D eigenvalue weighted by Gasteiger charge is 2.32. The van der Waals surface area contributed by atoms with E-state index in [9.17, 15) is 13.2 Å². The van der Waals surface area contributed by atoms with Crippen molar-refractivity contribution < 1.29 is 22.6 Å². The van der Waals surface area contributed by atoms with E-state index in [0.29, 0.717) is 12.7 Å². The third kappa shape index (κ3) is 4.46. The van der Waals surface area contributed by atoms with Crippen LogP contribution in [0.3, 0.4) is 0 Å². The minimum absolute atomic E-state index is 0.0309. The maximum Gasteiger partial charge on any atom is 0.417 e. The van der Waals surface area contributed by atoms with E-state index in [1.807, 2.05) is 13.8 Å². The molecule has 0 amide bonds. The van der Waals surface area contributed by atoms with Crippen LogP contribution in [0.25, 0.3) is 0 Å². The molecule has 2 heterocycles. The summed E-state index contributed by atoms with van der Waals surface area (Å²) in [5.74, 6) is -0.0309. The third-order valence-corrected chi connectivity index (χ3v) is 3.22. The normalized spacial score (nSPS) is 22.1. The van der Waals surface area contributed by atoms with Gasteiger partial charge in [-0.2, -0.15) is 13.2 Å². The molecule has 0 bridgehead atoms. The lowest BCUT2D eigenvalue weighted by atomic mass is 10.1. The van der Waals surface area contributed by atoms with Crippen molar-refractivity contribution in [3.8, 4) is 5.88 Å². The van der Waals surface area contributed by atoms with Crippen molar-refractivity contribution in [1.29, 1.82) is 0 Å². The van der Waals surface area contributed by atoms with Gasteiger partial charge in [0.25, 0.3) is 0 Å². The summed E-state index contributed by atoms with van der Waals surface area (Å²) in [6, 6.07) is 0.799. The summed E-state index contributed by atoms with van der Waals surface area (Å²) in [7, 11) is 0. The number of hydrogen-bond acceptors (Lipinski definition) is 4. The number of halogens is 4. The molecule has 1 aromatic heterocycles. The van der Waals surface area contributed by atoms with Crippen LogP contribution in [0.2, 0.25) is 5.02 Å². The molecule has 2 rings (SSSR count). The zero-order valence-electron chi connectivity index (χ0n) is 11.6. The van der Waals surface area contributed by atoms with Crippen LogP contribution in [0.5, 0.6) is 5.88 Å². The molecule has 4 nitrogen and oxygen atoms in total. The molecule has 0 aromatic carbocycles. The van der Waals surface area contributed by atoms with Crippen LogP contribution in [0.15, 0.2) is 12.3 Å². The van der Waals surface area contributed by atoms with Gasteiger partial charge in [0.15, 0.2) is 0 Å². The molecule has 8 heteroatoms. The quantitative estimate of drug-likeness (QED) is 0.928. The fraction of sp³-hybridized carbons (Fsp3) is 0.615. The van der Waals surface area contributed by atoms with Crippen LogP contribution < -0.4 is 10.1 Å². The summed E-state index contributed by atoms with van der Waals surface area (Å²) in [6.45, 7) is 5.37. The average molecular weight is 325 g/mol. The summed E-state index contributed by atoms with van der Waals surface area (Å²) in [4.78, 5) is 3.62. The highest BCUT2D eigenvalue weighted by molar-refractivity contribution is 6.31. The number of nitrogens with one attached hydrogen (secondary N) is 1. The van der Waals surface area contributed by atoms with Gasteiger partial charge in [0.2, 0.25) is 5.88 Å². The molecule has 1 N–H and O–H groups in total. The molecule has 118 valence electrons. The Morgan fingerprint density at radius 1 is 1.52 bits per heavy atom. The molecular weight excluding hydrogens is 309 g/mol. The number of rotatable bonds is 3. The molecule has 1 aliphatic rings. The van der Waals surface area contributed by atoms with Crippen molar-refractivity contribution in [3.63, 3.8) is 0 Å². The number of morpholine rings is 1. The summed E-state index contributed by atoms with van der Waals surface area (Å²) < 4.78 is 48.6. The van der Waals surface area contributed by atoms with E-state index in [1.54, 1.807) is 0 Å². The summed E-state index contributed by atoms with van der Waals surface area (Å²) in [5, 5.41) is 3.02. The van der Waals surface area contributed by atoms with E-state index in [0.717, 1.165) is 12.6 Å². The molecular formula is C13H16ClF3N2O2. The Morgan fingerprint density at radius 2 is 2.24 bits per heavy atom. The van der Waals surface area contributed by atoms with Crippen molar-refractivity contribution in [2.75, 3.05) is 19.7 Å². The number of alkyl halides is 3. The van der Waals surface area contributed by atoms with Gasteiger partial charge in [-0.15, -0.1) is 0 Å². The zero-order valence-corrected chi connectivity index (χ0v) is 12.4. The summed E-state index contributed by atoms with van der Waals surface area (Å²) in [5.41, 5.74) is -1.22. The number of ether oxygens (including phenoxy) is 2. The highest BCUT2D eigenvalue weighted by Crippen LogP contribution is 2.33. The summed E-state index contributed by atoms with van der Waals surface area (Å²) >= 11 is 5.77. The van der Waals surface area contributed by atoms with Crippen LogP contribution in [-0.4, -0.2) is 36.4 Å². The molecule has 1 unspecified atom stereocenters. The molecule has 0 radical (unpaired) electrons. The van der Waals surface area contributed by atoms with E-state index in [1.165, 1.54) is 0 Å². The second-order valence-electron chi connectivity index (χ2n) is 5.45. The van der Waals surface area contributed by atoms with Crippen LogP contribution in [0, 0.1) is 0 Å². The maximum absolute atomic E-state index is 12.5. The maximum atomic E-state index is 12.5. The summed E-state index contributed by atoms with van der Waals surface area (Å²) in [6.07, 6.45) is -3.99. The first-order valence-corrected chi connectivity index (χ1v) is 6.79. The van der Waals surface area contributed by atoms with Gasteiger partial charge in [0, 0.05) is 19.3 Å². The van der Waals surface area contributed by atoms with Crippen molar-refractivity contribution in [3.05, 3.63) is 22.8 Å². The van der Waals surface area contributed by atoms with Gasteiger partial charge in [-0.25, -0.2) is 4.98 Å². The Bertz CT molecular complexity index is 509. The van der Waals surface area contributed by atoms with Crippen molar-refractivity contribution in [1.82, 2.24) is 10.3 Å². The third-order valence-electron chi connectivity index (χ3n) is 2.95. The number of pyridine rings is 1. The molecule has 0 aliphatic carbocycles. The van der Waals surface area contributed by atoms with Gasteiger partial charge in [-0.05, 0) is 19.9 Å². The van der Waals surface area contributed by atoms with Gasteiger partial charge in [-0.3, -0.25) is 0 Å². The van der Waals surface area contributed by atoms with Crippen molar-refractivity contribution in [2.45, 2.75) is 31.7 Å². The predicted molar refractivity (Wildman–Crippen MR) is 71.6 cm³/mol. The van der Waals surface area contributed by atoms with Gasteiger partial charge in [-0.1, -0.05) is 11.6 Å². The molecule has 0 spiro atoms. The number of aromatic nitrogens is 1. The van der Waals surface area contributed by atoms with Gasteiger partial charge in [0.1, 0.15) is 17.7 Å². The van der Waals surface area contributed by atoms with Crippen LogP contribution in [0.1, 0.15) is 19.4 Å².